The average molecular weight is 137 g/mol. The lowest BCUT2D eigenvalue weighted by atomic mass is 10.3. The Morgan fingerprint density at radius 1 is 1.80 bits per heavy atom. The van der Waals surface area contributed by atoms with Gasteiger partial charge < -0.3 is 4.42 Å². The van der Waals surface area contributed by atoms with Gasteiger partial charge >= 0.3 is 0 Å². The van der Waals surface area contributed by atoms with Crippen molar-refractivity contribution >= 4 is 0 Å². The van der Waals surface area contributed by atoms with Crippen LogP contribution in [0.2, 0.25) is 0 Å². The fourth-order valence-corrected chi connectivity index (χ4v) is 0.675. The number of furan rings is 1. The smallest absolute Gasteiger partial charge is 0.109 e. The maximum absolute atomic E-state index is 7.95. The normalized spacial score (nSPS) is 8.90. The molecule has 0 N–H and O–H groups in total. The highest BCUT2D eigenvalue weighted by Gasteiger charge is 1.93. The fraction of sp³-hybridized carbons (Fsp3) is 0.333. The first-order valence-corrected chi connectivity index (χ1v) is 2.88. The van der Waals surface area contributed by atoms with E-state index in [1.54, 1.807) is 6.26 Å². The SMILES string of the molecule is Cc1coc(CN=[N+]=[N-])c1. The first-order chi connectivity index (χ1) is 4.83. The van der Waals surface area contributed by atoms with E-state index in [0.29, 0.717) is 12.3 Å². The van der Waals surface area contributed by atoms with Gasteiger partial charge in [-0.15, -0.1) is 0 Å². The van der Waals surface area contributed by atoms with Crippen LogP contribution in [0, 0.1) is 6.92 Å². The predicted molar refractivity (Wildman–Crippen MR) is 36.3 cm³/mol. The number of rotatable bonds is 2. The molecule has 4 heteroatoms. The molecular formula is C6H7N3O. The highest BCUT2D eigenvalue weighted by Crippen LogP contribution is 2.06. The first-order valence-electron chi connectivity index (χ1n) is 2.88. The number of nitrogens with zero attached hydrogens (tertiary/aromatic N) is 3. The minimum Gasteiger partial charge on any atom is -0.469 e. The van der Waals surface area contributed by atoms with Gasteiger partial charge in [-0.2, -0.15) is 0 Å². The van der Waals surface area contributed by atoms with Crippen LogP contribution in [0.5, 0.6) is 0 Å². The molecule has 4 nitrogen and oxygen atoms in total. The van der Waals surface area contributed by atoms with E-state index in [2.05, 4.69) is 10.0 Å². The maximum Gasteiger partial charge on any atom is 0.109 e. The Bertz CT molecular complexity index is 260. The topological polar surface area (TPSA) is 61.9 Å². The Balaban J connectivity index is 2.66. The zero-order chi connectivity index (χ0) is 7.40. The first kappa shape index (κ1) is 6.71. The van der Waals surface area contributed by atoms with Crippen molar-refractivity contribution in [3.05, 3.63) is 34.1 Å². The molecule has 0 unspecified atom stereocenters. The molecular weight excluding hydrogens is 130 g/mol. The molecule has 0 aliphatic carbocycles. The van der Waals surface area contributed by atoms with Crippen molar-refractivity contribution in [1.29, 1.82) is 0 Å². The molecule has 1 aromatic heterocycles. The summed E-state index contributed by atoms with van der Waals surface area (Å²) in [4.78, 5) is 2.61. The quantitative estimate of drug-likeness (QED) is 0.350. The molecule has 0 saturated carbocycles. The molecule has 0 saturated heterocycles. The van der Waals surface area contributed by atoms with Crippen molar-refractivity contribution in [2.45, 2.75) is 13.5 Å². The lowest BCUT2D eigenvalue weighted by molar-refractivity contribution is 0.511. The molecule has 0 atom stereocenters. The van der Waals surface area contributed by atoms with Crippen molar-refractivity contribution in [3.8, 4) is 0 Å². The van der Waals surface area contributed by atoms with E-state index < -0.39 is 0 Å². The summed E-state index contributed by atoms with van der Waals surface area (Å²) in [5, 5.41) is 3.34. The second-order valence-electron chi connectivity index (χ2n) is 1.98. The van der Waals surface area contributed by atoms with E-state index in [4.69, 9.17) is 9.95 Å². The van der Waals surface area contributed by atoms with Gasteiger partial charge in [-0.05, 0) is 24.1 Å². The molecule has 1 aromatic rings. The van der Waals surface area contributed by atoms with Gasteiger partial charge in [0.1, 0.15) is 5.76 Å². The summed E-state index contributed by atoms with van der Waals surface area (Å²) in [6, 6.07) is 1.84. The third-order valence-electron chi connectivity index (χ3n) is 1.07. The summed E-state index contributed by atoms with van der Waals surface area (Å²) in [5.41, 5.74) is 9.00. The summed E-state index contributed by atoms with van der Waals surface area (Å²) >= 11 is 0. The molecule has 0 aliphatic rings. The molecule has 0 fully saturated rings. The standard InChI is InChI=1S/C6H7N3O/c1-5-2-6(10-4-5)3-8-9-7/h2,4H,3H2,1H3. The van der Waals surface area contributed by atoms with Crippen LogP contribution in [-0.2, 0) is 6.54 Å². The van der Waals surface area contributed by atoms with Crippen LogP contribution < -0.4 is 0 Å². The highest BCUT2D eigenvalue weighted by molar-refractivity contribution is 5.10. The lowest BCUT2D eigenvalue weighted by Crippen LogP contribution is -1.70. The summed E-state index contributed by atoms with van der Waals surface area (Å²) in [6.45, 7) is 2.22. The molecule has 52 valence electrons. The minimum absolute atomic E-state index is 0.296. The van der Waals surface area contributed by atoms with Crippen molar-refractivity contribution in [1.82, 2.24) is 0 Å². The largest absolute Gasteiger partial charge is 0.469 e. The zero-order valence-electron chi connectivity index (χ0n) is 5.61. The summed E-state index contributed by atoms with van der Waals surface area (Å²) < 4.78 is 5.00. The monoisotopic (exact) mass is 137 g/mol. The number of hydrogen-bond donors (Lipinski definition) is 0. The molecule has 0 radical (unpaired) electrons. The second-order valence-corrected chi connectivity index (χ2v) is 1.98. The van der Waals surface area contributed by atoms with Gasteiger partial charge in [0.2, 0.25) is 0 Å². The molecule has 0 aromatic carbocycles. The molecule has 1 heterocycles. The van der Waals surface area contributed by atoms with Gasteiger partial charge in [-0.1, -0.05) is 5.11 Å². The Morgan fingerprint density at radius 2 is 2.60 bits per heavy atom. The number of aryl methyl sites for hydroxylation is 1. The van der Waals surface area contributed by atoms with Crippen molar-refractivity contribution in [2.75, 3.05) is 0 Å². The van der Waals surface area contributed by atoms with Crippen LogP contribution >= 0.6 is 0 Å². The van der Waals surface area contributed by atoms with Gasteiger partial charge in [0.15, 0.2) is 0 Å². The van der Waals surface area contributed by atoms with Gasteiger partial charge in [-0.25, -0.2) is 0 Å². The molecule has 0 bridgehead atoms. The fourth-order valence-electron chi connectivity index (χ4n) is 0.675. The van der Waals surface area contributed by atoms with Crippen molar-refractivity contribution < 1.29 is 4.42 Å². The minimum atomic E-state index is 0.296. The highest BCUT2D eigenvalue weighted by atomic mass is 16.3. The third kappa shape index (κ3) is 1.53. The van der Waals surface area contributed by atoms with Gasteiger partial charge in [0.25, 0.3) is 0 Å². The van der Waals surface area contributed by atoms with Crippen LogP contribution in [0.1, 0.15) is 11.3 Å². The average Bonchev–Trinajstić information content (AvgIpc) is 2.31. The Kier molecular flexibility index (Phi) is 1.97. The van der Waals surface area contributed by atoms with Crippen LogP contribution in [0.25, 0.3) is 10.4 Å². The molecule has 1 rings (SSSR count). The van der Waals surface area contributed by atoms with Crippen LogP contribution in [0.3, 0.4) is 0 Å². The summed E-state index contributed by atoms with van der Waals surface area (Å²) in [7, 11) is 0. The molecule has 0 aliphatic heterocycles. The second kappa shape index (κ2) is 2.94. The third-order valence-corrected chi connectivity index (χ3v) is 1.07. The van der Waals surface area contributed by atoms with Crippen LogP contribution in [0.4, 0.5) is 0 Å². The van der Waals surface area contributed by atoms with E-state index in [9.17, 15) is 0 Å². The lowest BCUT2D eigenvalue weighted by Gasteiger charge is -1.81. The molecule has 0 spiro atoms. The van der Waals surface area contributed by atoms with Gasteiger partial charge in [-0.3, -0.25) is 0 Å². The maximum atomic E-state index is 7.95. The van der Waals surface area contributed by atoms with Gasteiger partial charge in [0, 0.05) is 4.91 Å². The van der Waals surface area contributed by atoms with E-state index >= 15 is 0 Å². The Hall–Kier alpha value is -1.41. The van der Waals surface area contributed by atoms with Crippen LogP contribution in [-0.4, -0.2) is 0 Å². The molecule has 0 amide bonds. The van der Waals surface area contributed by atoms with Crippen LogP contribution in [0.15, 0.2) is 21.9 Å². The van der Waals surface area contributed by atoms with E-state index in [1.165, 1.54) is 0 Å². The Labute approximate surface area is 58.1 Å². The summed E-state index contributed by atoms with van der Waals surface area (Å²) in [5.74, 6) is 0.704. The zero-order valence-corrected chi connectivity index (χ0v) is 5.61. The predicted octanol–water partition coefficient (Wildman–Crippen LogP) is 2.40. The van der Waals surface area contributed by atoms with E-state index in [-0.39, 0.29) is 0 Å². The van der Waals surface area contributed by atoms with Crippen molar-refractivity contribution in [2.24, 2.45) is 5.11 Å². The number of hydrogen-bond acceptors (Lipinski definition) is 2. The van der Waals surface area contributed by atoms with Gasteiger partial charge in [0.05, 0.1) is 12.8 Å². The Morgan fingerprint density at radius 3 is 3.10 bits per heavy atom. The summed E-state index contributed by atoms with van der Waals surface area (Å²) in [6.07, 6.45) is 1.63. The van der Waals surface area contributed by atoms with Crippen molar-refractivity contribution in [3.63, 3.8) is 0 Å². The number of azide groups is 1. The van der Waals surface area contributed by atoms with E-state index in [0.717, 1.165) is 5.56 Å². The molecule has 10 heavy (non-hydrogen) atoms. The van der Waals surface area contributed by atoms with E-state index in [1.807, 2.05) is 13.0 Å².